The van der Waals surface area contributed by atoms with E-state index in [0.29, 0.717) is 5.56 Å². The van der Waals surface area contributed by atoms with Crippen LogP contribution in [0, 0.1) is 11.2 Å². The number of Topliss-reactive ketones (excluding diaryl/α,β-unsaturated/α-hetero) is 1. The van der Waals surface area contributed by atoms with E-state index >= 15 is 0 Å². The van der Waals surface area contributed by atoms with Crippen molar-refractivity contribution in [3.8, 4) is 0 Å². The van der Waals surface area contributed by atoms with E-state index in [2.05, 4.69) is 15.9 Å². The molecule has 0 spiro atoms. The fourth-order valence-electron chi connectivity index (χ4n) is 1.43. The Balaban J connectivity index is 2.98. The number of rotatable bonds is 4. The molecular formula is C14H19BrFNO. The Bertz CT molecular complexity index is 463. The van der Waals surface area contributed by atoms with Crippen LogP contribution in [0.25, 0.3) is 0 Å². The third-order valence-corrected chi connectivity index (χ3v) is 4.16. The Hall–Kier alpha value is -0.740. The number of nitrogens with two attached hydrogens (primary N) is 1. The van der Waals surface area contributed by atoms with Crippen molar-refractivity contribution < 1.29 is 9.18 Å². The van der Waals surface area contributed by atoms with Gasteiger partial charge in [-0.1, -0.05) is 29.8 Å². The first-order valence-corrected chi connectivity index (χ1v) is 6.61. The lowest BCUT2D eigenvalue weighted by Crippen LogP contribution is -2.52. The smallest absolute Gasteiger partial charge is 0.144 e. The fourth-order valence-corrected chi connectivity index (χ4v) is 1.84. The van der Waals surface area contributed by atoms with E-state index < -0.39 is 11.0 Å². The molecule has 4 heteroatoms. The van der Waals surface area contributed by atoms with Crippen molar-refractivity contribution in [1.82, 2.24) is 0 Å². The van der Waals surface area contributed by atoms with Crippen molar-refractivity contribution in [2.45, 2.75) is 39.7 Å². The Morgan fingerprint density at radius 2 is 1.89 bits per heavy atom. The van der Waals surface area contributed by atoms with Crippen molar-refractivity contribution in [2.24, 2.45) is 11.1 Å². The summed E-state index contributed by atoms with van der Waals surface area (Å²) in [6.45, 7) is 7.21. The lowest BCUT2D eigenvalue weighted by Gasteiger charge is -2.37. The second-order valence-electron chi connectivity index (χ2n) is 5.68. The van der Waals surface area contributed by atoms with Crippen LogP contribution in [-0.2, 0) is 11.2 Å². The minimum absolute atomic E-state index is 0.0545. The first-order chi connectivity index (χ1) is 8.05. The molecule has 100 valence electrons. The predicted octanol–water partition coefficient (Wildman–Crippen LogP) is 3.46. The number of hydrogen-bond acceptors (Lipinski definition) is 2. The van der Waals surface area contributed by atoms with Gasteiger partial charge in [-0.15, -0.1) is 0 Å². The van der Waals surface area contributed by atoms with Gasteiger partial charge in [0, 0.05) is 21.8 Å². The molecule has 1 aromatic carbocycles. The molecule has 0 unspecified atom stereocenters. The summed E-state index contributed by atoms with van der Waals surface area (Å²) in [6.07, 6.45) is 0.0545. The van der Waals surface area contributed by atoms with E-state index in [-0.39, 0.29) is 18.0 Å². The monoisotopic (exact) mass is 315 g/mol. The maximum absolute atomic E-state index is 13.6. The number of carbonyl (C=O) groups excluding carboxylic acids is 1. The highest BCUT2D eigenvalue weighted by Crippen LogP contribution is 2.31. The lowest BCUT2D eigenvalue weighted by atomic mass is 9.71. The average molecular weight is 316 g/mol. The van der Waals surface area contributed by atoms with Gasteiger partial charge in [-0.2, -0.15) is 0 Å². The molecule has 0 aromatic heterocycles. The molecule has 0 saturated carbocycles. The van der Waals surface area contributed by atoms with Gasteiger partial charge in [-0.05, 0) is 37.6 Å². The van der Waals surface area contributed by atoms with Crippen LogP contribution in [0.5, 0.6) is 0 Å². The number of halogens is 2. The molecule has 0 atom stereocenters. The summed E-state index contributed by atoms with van der Waals surface area (Å²) < 4.78 is 14.4. The largest absolute Gasteiger partial charge is 0.325 e. The van der Waals surface area contributed by atoms with Crippen LogP contribution in [0.1, 0.15) is 33.3 Å². The summed E-state index contributed by atoms with van der Waals surface area (Å²) in [5.74, 6) is -0.427. The second kappa shape index (κ2) is 5.10. The first-order valence-electron chi connectivity index (χ1n) is 5.82. The van der Waals surface area contributed by atoms with Gasteiger partial charge in [0.15, 0.2) is 0 Å². The highest BCUT2D eigenvalue weighted by molar-refractivity contribution is 9.10. The van der Waals surface area contributed by atoms with Crippen molar-refractivity contribution >= 4 is 21.7 Å². The third kappa shape index (κ3) is 3.18. The van der Waals surface area contributed by atoms with Crippen LogP contribution < -0.4 is 5.73 Å². The van der Waals surface area contributed by atoms with Gasteiger partial charge in [-0.25, -0.2) is 4.39 Å². The van der Waals surface area contributed by atoms with Crippen molar-refractivity contribution in [2.75, 3.05) is 0 Å². The molecule has 0 aliphatic rings. The Labute approximate surface area is 116 Å². The summed E-state index contributed by atoms with van der Waals surface area (Å²) in [4.78, 5) is 12.3. The number of hydrogen-bond donors (Lipinski definition) is 1. The fraction of sp³-hybridized carbons (Fsp3) is 0.500. The molecule has 2 N–H and O–H groups in total. The van der Waals surface area contributed by atoms with Crippen LogP contribution in [0.15, 0.2) is 22.7 Å². The van der Waals surface area contributed by atoms with E-state index in [1.807, 2.05) is 13.8 Å². The topological polar surface area (TPSA) is 43.1 Å². The van der Waals surface area contributed by atoms with Crippen molar-refractivity contribution in [3.63, 3.8) is 0 Å². The highest BCUT2D eigenvalue weighted by Gasteiger charge is 2.39. The Morgan fingerprint density at radius 1 is 1.33 bits per heavy atom. The summed E-state index contributed by atoms with van der Waals surface area (Å²) in [5, 5.41) is 0. The number of ketones is 1. The highest BCUT2D eigenvalue weighted by atomic mass is 79.9. The maximum Gasteiger partial charge on any atom is 0.144 e. The van der Waals surface area contributed by atoms with Gasteiger partial charge in [-0.3, -0.25) is 4.79 Å². The second-order valence-corrected chi connectivity index (χ2v) is 6.60. The van der Waals surface area contributed by atoms with Crippen LogP contribution in [-0.4, -0.2) is 11.3 Å². The molecule has 0 amide bonds. The van der Waals surface area contributed by atoms with Gasteiger partial charge in [0.05, 0.1) is 0 Å². The Morgan fingerprint density at radius 3 is 2.39 bits per heavy atom. The molecule has 1 rings (SSSR count). The van der Waals surface area contributed by atoms with Crippen molar-refractivity contribution in [3.05, 3.63) is 34.1 Å². The van der Waals surface area contributed by atoms with Crippen molar-refractivity contribution in [1.29, 1.82) is 0 Å². The van der Waals surface area contributed by atoms with Crippen LogP contribution >= 0.6 is 15.9 Å². The molecule has 0 aliphatic heterocycles. The molecule has 0 radical (unpaired) electrons. The summed E-state index contributed by atoms with van der Waals surface area (Å²) in [7, 11) is 0. The molecule has 0 fully saturated rings. The molecule has 0 bridgehead atoms. The third-order valence-electron chi connectivity index (χ3n) is 3.67. The predicted molar refractivity (Wildman–Crippen MR) is 74.9 cm³/mol. The van der Waals surface area contributed by atoms with E-state index in [1.165, 1.54) is 6.07 Å². The molecule has 18 heavy (non-hydrogen) atoms. The molecule has 2 nitrogen and oxygen atoms in total. The molecule has 0 aliphatic carbocycles. The lowest BCUT2D eigenvalue weighted by molar-refractivity contribution is -0.129. The van der Waals surface area contributed by atoms with Crippen LogP contribution in [0.2, 0.25) is 0 Å². The summed E-state index contributed by atoms with van der Waals surface area (Å²) >= 11 is 3.27. The standard InChI is InChI=1S/C14H19BrFNO/c1-13(2,14(3,4)17)12(18)8-9-7-10(15)5-6-11(9)16/h5-7H,8,17H2,1-4H3. The molecule has 0 saturated heterocycles. The summed E-state index contributed by atoms with van der Waals surface area (Å²) in [6, 6.07) is 4.60. The number of benzene rings is 1. The zero-order valence-corrected chi connectivity index (χ0v) is 12.8. The summed E-state index contributed by atoms with van der Waals surface area (Å²) in [5.41, 5.74) is 5.05. The quantitative estimate of drug-likeness (QED) is 0.924. The van der Waals surface area contributed by atoms with Gasteiger partial charge in [0.25, 0.3) is 0 Å². The minimum Gasteiger partial charge on any atom is -0.325 e. The van der Waals surface area contributed by atoms with Gasteiger partial charge in [0.2, 0.25) is 0 Å². The normalized spacial score (nSPS) is 12.6. The maximum atomic E-state index is 13.6. The van der Waals surface area contributed by atoms with E-state index in [4.69, 9.17) is 5.73 Å². The minimum atomic E-state index is -0.707. The van der Waals surface area contributed by atoms with E-state index in [1.54, 1.807) is 26.0 Å². The molecular weight excluding hydrogens is 297 g/mol. The first kappa shape index (κ1) is 15.3. The van der Waals surface area contributed by atoms with E-state index in [0.717, 1.165) is 4.47 Å². The van der Waals surface area contributed by atoms with Gasteiger partial charge < -0.3 is 5.73 Å². The molecule has 0 heterocycles. The van der Waals surface area contributed by atoms with E-state index in [9.17, 15) is 9.18 Å². The average Bonchev–Trinajstić information content (AvgIpc) is 2.21. The number of carbonyl (C=O) groups is 1. The van der Waals surface area contributed by atoms with Gasteiger partial charge in [0.1, 0.15) is 11.6 Å². The Kier molecular flexibility index (Phi) is 4.34. The zero-order valence-electron chi connectivity index (χ0n) is 11.2. The zero-order chi connectivity index (χ0) is 14.1. The van der Waals surface area contributed by atoms with Gasteiger partial charge >= 0.3 is 0 Å². The van der Waals surface area contributed by atoms with Crippen LogP contribution in [0.4, 0.5) is 4.39 Å². The van der Waals surface area contributed by atoms with Crippen LogP contribution in [0.3, 0.4) is 0 Å². The molecule has 1 aromatic rings. The SMILES string of the molecule is CC(C)(N)C(C)(C)C(=O)Cc1cc(Br)ccc1F.